The van der Waals surface area contributed by atoms with E-state index < -0.39 is 119 Å². The van der Waals surface area contributed by atoms with Gasteiger partial charge in [-0.15, -0.1) is 0 Å². The number of rotatable bonds is 6. The average Bonchev–Trinajstić information content (AvgIpc) is 2.86. The third kappa shape index (κ3) is 4.23. The van der Waals surface area contributed by atoms with Crippen molar-refractivity contribution in [3.05, 3.63) is 69.8 Å². The number of halogens is 12. The summed E-state index contributed by atoms with van der Waals surface area (Å²) in [5.74, 6) is -34.8. The van der Waals surface area contributed by atoms with Gasteiger partial charge in [-0.2, -0.15) is 0 Å². The molecule has 0 atom stereocenters. The second-order valence-electron chi connectivity index (χ2n) is 7.04. The summed E-state index contributed by atoms with van der Waals surface area (Å²) in [7, 11) is 1.63. The van der Waals surface area contributed by atoms with E-state index in [9.17, 15) is 26.3 Å². The quantitative estimate of drug-likeness (QED) is 0.218. The fourth-order valence-electron chi connectivity index (χ4n) is 3.62. The Morgan fingerprint density at radius 3 is 0.622 bits per heavy atom. The van der Waals surface area contributed by atoms with Crippen molar-refractivity contribution in [2.45, 2.75) is 0 Å². The van der Waals surface area contributed by atoms with Crippen LogP contribution in [0.3, 0.4) is 0 Å². The van der Waals surface area contributed by atoms with E-state index in [0.717, 1.165) is 0 Å². The van der Waals surface area contributed by atoms with Crippen molar-refractivity contribution in [1.29, 1.82) is 0 Å². The number of hydrogen-bond donors (Lipinski definition) is 0. The van der Waals surface area contributed by atoms with Crippen molar-refractivity contribution < 1.29 is 66.9 Å². The fraction of sp³-hybridized carbons (Fsp3) is 0.143. The van der Waals surface area contributed by atoms with Gasteiger partial charge in [0, 0.05) is 0 Å². The summed E-state index contributed by atoms with van der Waals surface area (Å²) in [6.07, 6.45) is 0. The van der Waals surface area contributed by atoms with Gasteiger partial charge in [0.15, 0.2) is 0 Å². The number of benzene rings is 3. The first-order chi connectivity index (χ1) is 17.3. The Morgan fingerprint density at radius 1 is 0.324 bits per heavy atom. The molecule has 0 fully saturated rings. The Labute approximate surface area is 207 Å². The predicted octanol–water partition coefficient (Wildman–Crippen LogP) is 3.90. The van der Waals surface area contributed by atoms with Gasteiger partial charge in [0.25, 0.3) is 0 Å². The van der Waals surface area contributed by atoms with E-state index in [1.165, 1.54) is 0 Å². The summed E-state index contributed by atoms with van der Waals surface area (Å²) >= 11 is -6.89. The second-order valence-corrected chi connectivity index (χ2v) is 17.1. The summed E-state index contributed by atoms with van der Waals surface area (Å²) < 4.78 is 183. The zero-order chi connectivity index (χ0) is 28.1. The van der Waals surface area contributed by atoms with Crippen LogP contribution in [0, 0.1) is 69.8 Å². The van der Waals surface area contributed by atoms with Crippen LogP contribution < -0.4 is 23.6 Å². The molecule has 0 bridgehead atoms. The SMILES string of the molecule is COc1c(F)c(F)[c]([Tl]([c]2c(F)c(F)c(OC)c(F)c2F)[c]2c(F)c(F)c(OC)c(F)c2F)c(F)c1F. The Morgan fingerprint density at radius 2 is 0.486 bits per heavy atom. The molecule has 198 valence electrons. The molecule has 0 saturated carbocycles. The maximum atomic E-state index is 15.0. The van der Waals surface area contributed by atoms with Gasteiger partial charge in [-0.1, -0.05) is 0 Å². The monoisotopic (exact) mass is 742 g/mol. The molecule has 0 spiro atoms. The molecule has 37 heavy (non-hydrogen) atoms. The number of ether oxygens (including phenoxy) is 3. The summed E-state index contributed by atoms with van der Waals surface area (Å²) in [4.78, 5) is 0. The van der Waals surface area contributed by atoms with Gasteiger partial charge in [-0.05, 0) is 0 Å². The number of hydrogen-bond acceptors (Lipinski definition) is 3. The van der Waals surface area contributed by atoms with Crippen molar-refractivity contribution in [3.63, 3.8) is 0 Å². The van der Waals surface area contributed by atoms with Crippen LogP contribution in [-0.2, 0) is 0 Å². The van der Waals surface area contributed by atoms with Gasteiger partial charge in [-0.3, -0.25) is 0 Å². The molecule has 3 aromatic carbocycles. The van der Waals surface area contributed by atoms with Crippen LogP contribution in [0.5, 0.6) is 17.2 Å². The van der Waals surface area contributed by atoms with Gasteiger partial charge >= 0.3 is 207 Å². The van der Waals surface area contributed by atoms with Crippen LogP contribution in [0.4, 0.5) is 52.7 Å². The first-order valence-electron chi connectivity index (χ1n) is 9.47. The molecule has 3 aromatic rings. The molecule has 3 nitrogen and oxygen atoms in total. The summed E-state index contributed by atoms with van der Waals surface area (Å²) in [5.41, 5.74) is 0. The topological polar surface area (TPSA) is 27.7 Å². The molecule has 0 saturated heterocycles. The molecule has 0 amide bonds. The molecule has 0 aliphatic carbocycles. The third-order valence-corrected chi connectivity index (χ3v) is 17.9. The van der Waals surface area contributed by atoms with Crippen molar-refractivity contribution in [3.8, 4) is 17.2 Å². The molecule has 3 rings (SSSR count). The summed E-state index contributed by atoms with van der Waals surface area (Å²) in [6.45, 7) is 0. The predicted molar refractivity (Wildman–Crippen MR) is 103 cm³/mol. The van der Waals surface area contributed by atoms with Gasteiger partial charge in [0.05, 0.1) is 0 Å². The maximum absolute atomic E-state index is 15.0. The molecule has 0 radical (unpaired) electrons. The van der Waals surface area contributed by atoms with Crippen LogP contribution in [0.1, 0.15) is 0 Å². The minimum absolute atomic E-state index is 0.545. The van der Waals surface area contributed by atoms with E-state index in [4.69, 9.17) is 0 Å². The second kappa shape index (κ2) is 10.5. The van der Waals surface area contributed by atoms with Crippen LogP contribution in [0.15, 0.2) is 0 Å². The number of methoxy groups -OCH3 is 3. The van der Waals surface area contributed by atoms with Gasteiger partial charge < -0.3 is 0 Å². The zero-order valence-corrected chi connectivity index (χ0v) is 22.8. The Balaban J connectivity index is 2.67. The Hall–Kier alpha value is -2.86. The average molecular weight is 742 g/mol. The van der Waals surface area contributed by atoms with E-state index in [-0.39, 0.29) is 0 Å². The molecule has 0 aliphatic rings. The van der Waals surface area contributed by atoms with E-state index in [2.05, 4.69) is 14.2 Å². The molecular formula is C21H9F12O3Tl. The molecule has 16 heteroatoms. The molecule has 0 heterocycles. The van der Waals surface area contributed by atoms with E-state index >= 15 is 26.3 Å². The Bertz CT molecular complexity index is 1170. The first kappa shape index (κ1) is 28.7. The van der Waals surface area contributed by atoms with Crippen LogP contribution in [0.25, 0.3) is 0 Å². The van der Waals surface area contributed by atoms with Crippen molar-refractivity contribution in [2.75, 3.05) is 21.3 Å². The molecule has 0 aliphatic heterocycles. The summed E-state index contributed by atoms with van der Waals surface area (Å²) in [6, 6.07) is 0. The molecule has 0 unspecified atom stereocenters. The molecular weight excluding hydrogens is 733 g/mol. The van der Waals surface area contributed by atoms with Crippen LogP contribution in [-0.4, -0.2) is 44.0 Å². The van der Waals surface area contributed by atoms with E-state index in [1.54, 1.807) is 0 Å². The molecule has 0 aromatic heterocycles. The van der Waals surface area contributed by atoms with Crippen molar-refractivity contribution in [2.24, 2.45) is 0 Å². The van der Waals surface area contributed by atoms with Crippen molar-refractivity contribution in [1.82, 2.24) is 0 Å². The van der Waals surface area contributed by atoms with E-state index in [1.807, 2.05) is 0 Å². The fourth-order valence-corrected chi connectivity index (χ4v) is 15.9. The van der Waals surface area contributed by atoms with Crippen molar-refractivity contribution >= 4 is 32.1 Å². The van der Waals surface area contributed by atoms with Gasteiger partial charge in [-0.25, -0.2) is 0 Å². The van der Waals surface area contributed by atoms with Gasteiger partial charge in [0.1, 0.15) is 0 Å². The Kier molecular flexibility index (Phi) is 8.14. The summed E-state index contributed by atoms with van der Waals surface area (Å²) in [5, 5.41) is 0. The molecule has 0 N–H and O–H groups in total. The van der Waals surface area contributed by atoms with Crippen LogP contribution >= 0.6 is 0 Å². The normalized spacial score (nSPS) is 11.1. The first-order valence-corrected chi connectivity index (χ1v) is 16.2. The third-order valence-electron chi connectivity index (χ3n) is 5.25. The minimum atomic E-state index is -6.89. The van der Waals surface area contributed by atoms with Gasteiger partial charge in [0.2, 0.25) is 0 Å². The van der Waals surface area contributed by atoms with E-state index in [0.29, 0.717) is 21.3 Å². The standard InChI is InChI=1S/3C7H3F4O.Tl/c3*1-12-7-5(10)3(8)2-4(9)6(7)11;/h3*1H3;. The zero-order valence-electron chi connectivity index (χ0n) is 18.3. The van der Waals surface area contributed by atoms with Crippen LogP contribution in [0.2, 0.25) is 0 Å².